The van der Waals surface area contributed by atoms with Crippen molar-refractivity contribution in [3.8, 4) is 5.69 Å². The molecular formula is C15H21N5O2S. The third-order valence-corrected chi connectivity index (χ3v) is 5.55. The van der Waals surface area contributed by atoms with Crippen LogP contribution in [0.4, 0.5) is 0 Å². The van der Waals surface area contributed by atoms with Gasteiger partial charge in [-0.1, -0.05) is 23.4 Å². The first-order chi connectivity index (χ1) is 10.9. The number of sulfonamides is 1. The number of rotatable bonds is 4. The average molecular weight is 335 g/mol. The Bertz CT molecular complexity index is 751. The second kappa shape index (κ2) is 6.38. The maximum atomic E-state index is 11.6. The molecule has 1 aliphatic heterocycles. The lowest BCUT2D eigenvalue weighted by molar-refractivity contribution is 0.144. The molecule has 2 heterocycles. The van der Waals surface area contributed by atoms with E-state index in [1.54, 1.807) is 4.68 Å². The van der Waals surface area contributed by atoms with Gasteiger partial charge in [-0.3, -0.25) is 4.90 Å². The Labute approximate surface area is 136 Å². The molecule has 0 amide bonds. The summed E-state index contributed by atoms with van der Waals surface area (Å²) in [6.07, 6.45) is 3.19. The number of aromatic nitrogens is 3. The highest BCUT2D eigenvalue weighted by Crippen LogP contribution is 2.21. The van der Waals surface area contributed by atoms with E-state index in [1.165, 1.54) is 10.6 Å². The molecule has 7 nitrogen and oxygen atoms in total. The SMILES string of the molecule is C[C@H](c1cn(-c2ccccc2)nn1)N1CCN(S(C)(=O)=O)CC1. The third kappa shape index (κ3) is 3.60. The second-order valence-corrected chi connectivity index (χ2v) is 7.78. The highest BCUT2D eigenvalue weighted by molar-refractivity contribution is 7.88. The van der Waals surface area contributed by atoms with Crippen molar-refractivity contribution in [1.82, 2.24) is 24.2 Å². The molecule has 1 fully saturated rings. The molecule has 0 spiro atoms. The molecule has 0 unspecified atom stereocenters. The van der Waals surface area contributed by atoms with Crippen LogP contribution < -0.4 is 0 Å². The molecular weight excluding hydrogens is 314 g/mol. The molecule has 1 saturated heterocycles. The van der Waals surface area contributed by atoms with Gasteiger partial charge in [0.1, 0.15) is 0 Å². The minimum Gasteiger partial charge on any atom is -0.292 e. The summed E-state index contributed by atoms with van der Waals surface area (Å²) in [4.78, 5) is 2.24. The van der Waals surface area contributed by atoms with Crippen LogP contribution in [-0.2, 0) is 10.0 Å². The van der Waals surface area contributed by atoms with Crippen LogP contribution in [-0.4, -0.2) is 65.1 Å². The van der Waals surface area contributed by atoms with Crippen molar-refractivity contribution >= 4 is 10.0 Å². The Hall–Kier alpha value is -1.77. The summed E-state index contributed by atoms with van der Waals surface area (Å²) in [5, 5.41) is 8.47. The standard InChI is InChI=1S/C15H21N5O2S/c1-13(18-8-10-19(11-9-18)23(2,21)22)15-12-20(17-16-15)14-6-4-3-5-7-14/h3-7,12-13H,8-11H2,1-2H3/t13-/m1/s1. The molecule has 0 aliphatic carbocycles. The summed E-state index contributed by atoms with van der Waals surface area (Å²) in [7, 11) is -3.10. The summed E-state index contributed by atoms with van der Waals surface area (Å²) in [6.45, 7) is 4.53. The Morgan fingerprint density at radius 3 is 2.35 bits per heavy atom. The van der Waals surface area contributed by atoms with E-state index in [-0.39, 0.29) is 6.04 Å². The quantitative estimate of drug-likeness (QED) is 0.830. The first kappa shape index (κ1) is 16.1. The maximum absolute atomic E-state index is 11.6. The lowest BCUT2D eigenvalue weighted by atomic mass is 10.2. The zero-order valence-electron chi connectivity index (χ0n) is 13.3. The van der Waals surface area contributed by atoms with Gasteiger partial charge in [0.15, 0.2) is 0 Å². The number of nitrogens with zero attached hydrogens (tertiary/aromatic N) is 5. The summed E-state index contributed by atoms with van der Waals surface area (Å²) in [5.41, 5.74) is 1.86. The molecule has 1 atom stereocenters. The average Bonchev–Trinajstić information content (AvgIpc) is 3.04. The largest absolute Gasteiger partial charge is 0.292 e. The van der Waals surface area contributed by atoms with Crippen molar-refractivity contribution in [2.45, 2.75) is 13.0 Å². The van der Waals surface area contributed by atoms with Crippen molar-refractivity contribution < 1.29 is 8.42 Å². The number of hydrogen-bond donors (Lipinski definition) is 0. The van der Waals surface area contributed by atoms with Gasteiger partial charge in [-0.15, -0.1) is 5.10 Å². The van der Waals surface area contributed by atoms with Gasteiger partial charge in [-0.2, -0.15) is 4.31 Å². The van der Waals surface area contributed by atoms with E-state index in [1.807, 2.05) is 36.5 Å². The van der Waals surface area contributed by atoms with E-state index in [2.05, 4.69) is 22.1 Å². The molecule has 0 N–H and O–H groups in total. The van der Waals surface area contributed by atoms with Crippen LogP contribution in [0, 0.1) is 0 Å². The summed E-state index contributed by atoms with van der Waals surface area (Å²) in [5.74, 6) is 0. The molecule has 0 bridgehead atoms. The smallest absolute Gasteiger partial charge is 0.211 e. The number of hydrogen-bond acceptors (Lipinski definition) is 5. The zero-order chi connectivity index (χ0) is 16.4. The molecule has 0 saturated carbocycles. The van der Waals surface area contributed by atoms with Crippen molar-refractivity contribution in [1.29, 1.82) is 0 Å². The van der Waals surface area contributed by atoms with Gasteiger partial charge in [0, 0.05) is 26.2 Å². The molecule has 124 valence electrons. The Balaban J connectivity index is 1.68. The van der Waals surface area contributed by atoms with E-state index < -0.39 is 10.0 Å². The van der Waals surface area contributed by atoms with Crippen molar-refractivity contribution in [3.05, 3.63) is 42.2 Å². The van der Waals surface area contributed by atoms with Gasteiger partial charge < -0.3 is 0 Å². The Kier molecular flexibility index (Phi) is 4.47. The molecule has 1 aromatic heterocycles. The summed E-state index contributed by atoms with van der Waals surface area (Å²) >= 11 is 0. The normalized spacial score (nSPS) is 18.9. The van der Waals surface area contributed by atoms with Crippen LogP contribution >= 0.6 is 0 Å². The predicted octanol–water partition coefficient (Wildman–Crippen LogP) is 0.905. The Morgan fingerprint density at radius 2 is 1.74 bits per heavy atom. The van der Waals surface area contributed by atoms with E-state index in [9.17, 15) is 8.42 Å². The minimum absolute atomic E-state index is 0.106. The van der Waals surface area contributed by atoms with Gasteiger partial charge in [0.25, 0.3) is 0 Å². The van der Waals surface area contributed by atoms with Gasteiger partial charge in [-0.25, -0.2) is 13.1 Å². The monoisotopic (exact) mass is 335 g/mol. The highest BCUT2D eigenvalue weighted by Gasteiger charge is 2.27. The van der Waals surface area contributed by atoms with Gasteiger partial charge in [-0.05, 0) is 19.1 Å². The number of benzene rings is 1. The molecule has 23 heavy (non-hydrogen) atoms. The molecule has 1 aromatic carbocycles. The number of piperazine rings is 1. The minimum atomic E-state index is -3.10. The van der Waals surface area contributed by atoms with Crippen molar-refractivity contribution in [2.24, 2.45) is 0 Å². The first-order valence-electron chi connectivity index (χ1n) is 7.62. The van der Waals surface area contributed by atoms with Crippen LogP contribution in [0.15, 0.2) is 36.5 Å². The van der Waals surface area contributed by atoms with Crippen LogP contribution in [0.2, 0.25) is 0 Å². The Morgan fingerprint density at radius 1 is 1.09 bits per heavy atom. The van der Waals surface area contributed by atoms with Crippen LogP contribution in [0.3, 0.4) is 0 Å². The van der Waals surface area contributed by atoms with Crippen LogP contribution in [0.5, 0.6) is 0 Å². The molecule has 1 aliphatic rings. The van der Waals surface area contributed by atoms with Crippen molar-refractivity contribution in [2.75, 3.05) is 32.4 Å². The predicted molar refractivity (Wildman–Crippen MR) is 87.8 cm³/mol. The molecule has 3 rings (SSSR count). The van der Waals surface area contributed by atoms with Gasteiger partial charge >= 0.3 is 0 Å². The fourth-order valence-corrected chi connectivity index (χ4v) is 3.61. The molecule has 8 heteroatoms. The molecule has 2 aromatic rings. The van der Waals surface area contributed by atoms with E-state index in [4.69, 9.17) is 0 Å². The van der Waals surface area contributed by atoms with E-state index in [0.717, 1.165) is 11.4 Å². The molecule has 0 radical (unpaired) electrons. The zero-order valence-corrected chi connectivity index (χ0v) is 14.1. The summed E-state index contributed by atoms with van der Waals surface area (Å²) < 4.78 is 26.4. The van der Waals surface area contributed by atoms with E-state index in [0.29, 0.717) is 26.2 Å². The van der Waals surface area contributed by atoms with Gasteiger partial charge in [0.2, 0.25) is 10.0 Å². The first-order valence-corrected chi connectivity index (χ1v) is 9.47. The van der Waals surface area contributed by atoms with E-state index >= 15 is 0 Å². The fourth-order valence-electron chi connectivity index (χ4n) is 2.78. The van der Waals surface area contributed by atoms with Crippen molar-refractivity contribution in [3.63, 3.8) is 0 Å². The third-order valence-electron chi connectivity index (χ3n) is 4.25. The maximum Gasteiger partial charge on any atom is 0.211 e. The lowest BCUT2D eigenvalue weighted by Gasteiger charge is -2.36. The van der Waals surface area contributed by atoms with Gasteiger partial charge in [0.05, 0.1) is 29.9 Å². The van der Waals surface area contributed by atoms with Crippen LogP contribution in [0.1, 0.15) is 18.7 Å². The fraction of sp³-hybridized carbons (Fsp3) is 0.467. The lowest BCUT2D eigenvalue weighted by Crippen LogP contribution is -2.48. The number of para-hydroxylation sites is 1. The van der Waals surface area contributed by atoms with Crippen LogP contribution in [0.25, 0.3) is 5.69 Å². The summed E-state index contributed by atoms with van der Waals surface area (Å²) in [6, 6.07) is 9.96. The highest BCUT2D eigenvalue weighted by atomic mass is 32.2. The topological polar surface area (TPSA) is 71.3 Å². The second-order valence-electron chi connectivity index (χ2n) is 5.80.